The van der Waals surface area contributed by atoms with Crippen molar-refractivity contribution in [2.75, 3.05) is 53.5 Å². The van der Waals surface area contributed by atoms with E-state index < -0.39 is 5.60 Å². The molecule has 1 aliphatic heterocycles. The molecular formula is C20H33N3O4. The molecule has 0 spiro atoms. The van der Waals surface area contributed by atoms with Gasteiger partial charge in [0.15, 0.2) is 0 Å². The van der Waals surface area contributed by atoms with Crippen LogP contribution in [-0.2, 0) is 11.3 Å². The maximum Gasteiger partial charge on any atom is 0.410 e. The average Bonchev–Trinajstić information content (AvgIpc) is 2.64. The number of benzene rings is 1. The van der Waals surface area contributed by atoms with E-state index in [0.717, 1.165) is 49.8 Å². The smallest absolute Gasteiger partial charge is 0.410 e. The highest BCUT2D eigenvalue weighted by molar-refractivity contribution is 5.68. The molecule has 152 valence electrons. The second kappa shape index (κ2) is 9.80. The van der Waals surface area contributed by atoms with Crippen molar-refractivity contribution in [3.63, 3.8) is 0 Å². The van der Waals surface area contributed by atoms with Gasteiger partial charge in [0, 0.05) is 57.4 Å². The van der Waals surface area contributed by atoms with Gasteiger partial charge in [-0.15, -0.1) is 0 Å². The molecule has 1 N–H and O–H groups in total. The highest BCUT2D eigenvalue weighted by atomic mass is 16.6. The molecule has 1 aromatic carbocycles. The zero-order valence-electron chi connectivity index (χ0n) is 17.2. The van der Waals surface area contributed by atoms with Gasteiger partial charge in [0.1, 0.15) is 17.1 Å². The van der Waals surface area contributed by atoms with E-state index in [9.17, 15) is 4.79 Å². The molecule has 1 fully saturated rings. The lowest BCUT2D eigenvalue weighted by molar-refractivity contribution is 0.0146. The second-order valence-corrected chi connectivity index (χ2v) is 7.66. The van der Waals surface area contributed by atoms with Crippen LogP contribution >= 0.6 is 0 Å². The fourth-order valence-electron chi connectivity index (χ4n) is 2.94. The summed E-state index contributed by atoms with van der Waals surface area (Å²) in [5.74, 6) is 1.62. The van der Waals surface area contributed by atoms with E-state index in [2.05, 4.69) is 10.2 Å². The van der Waals surface area contributed by atoms with Gasteiger partial charge in [-0.2, -0.15) is 0 Å². The number of hydrogen-bond donors (Lipinski definition) is 1. The summed E-state index contributed by atoms with van der Waals surface area (Å²) in [6.07, 6.45) is -0.216. The molecule has 0 radical (unpaired) electrons. The predicted molar refractivity (Wildman–Crippen MR) is 105 cm³/mol. The van der Waals surface area contributed by atoms with Crippen molar-refractivity contribution in [1.29, 1.82) is 0 Å². The van der Waals surface area contributed by atoms with Crippen molar-refractivity contribution in [1.82, 2.24) is 15.1 Å². The Balaban J connectivity index is 1.68. The SMILES string of the molecule is COc1ccc(CNCCN2CCN(C(=O)OC(C)(C)C)CC2)c(OC)c1. The van der Waals surface area contributed by atoms with Gasteiger partial charge in [-0.1, -0.05) is 6.07 Å². The van der Waals surface area contributed by atoms with Crippen molar-refractivity contribution in [2.24, 2.45) is 0 Å². The average molecular weight is 380 g/mol. The van der Waals surface area contributed by atoms with E-state index >= 15 is 0 Å². The first-order chi connectivity index (χ1) is 12.8. The number of amides is 1. The van der Waals surface area contributed by atoms with Gasteiger partial charge in [0.05, 0.1) is 14.2 Å². The molecule has 7 heteroatoms. The van der Waals surface area contributed by atoms with Crippen LogP contribution in [0.4, 0.5) is 4.79 Å². The molecule has 0 bridgehead atoms. The Morgan fingerprint density at radius 2 is 1.81 bits per heavy atom. The Bertz CT molecular complexity index is 608. The van der Waals surface area contributed by atoms with Gasteiger partial charge < -0.3 is 24.4 Å². The first kappa shape index (κ1) is 21.3. The largest absolute Gasteiger partial charge is 0.497 e. The molecule has 7 nitrogen and oxygen atoms in total. The van der Waals surface area contributed by atoms with E-state index in [1.807, 2.05) is 39.0 Å². The molecule has 0 saturated carbocycles. The number of ether oxygens (including phenoxy) is 3. The molecule has 2 rings (SSSR count). The summed E-state index contributed by atoms with van der Waals surface area (Å²) in [5.41, 5.74) is 0.661. The minimum atomic E-state index is -0.444. The molecule has 1 saturated heterocycles. The maximum atomic E-state index is 12.1. The molecule has 1 aromatic rings. The molecule has 1 heterocycles. The molecule has 1 amide bonds. The normalized spacial score (nSPS) is 15.5. The fourth-order valence-corrected chi connectivity index (χ4v) is 2.94. The van der Waals surface area contributed by atoms with Gasteiger partial charge in [0.2, 0.25) is 0 Å². The van der Waals surface area contributed by atoms with Gasteiger partial charge >= 0.3 is 6.09 Å². The lowest BCUT2D eigenvalue weighted by atomic mass is 10.2. The number of nitrogens with zero attached hydrogens (tertiary/aromatic N) is 2. The predicted octanol–water partition coefficient (Wildman–Crippen LogP) is 2.35. The second-order valence-electron chi connectivity index (χ2n) is 7.66. The topological polar surface area (TPSA) is 63.3 Å². The molecule has 1 aliphatic rings. The molecule has 0 aromatic heterocycles. The van der Waals surface area contributed by atoms with Crippen LogP contribution in [0.2, 0.25) is 0 Å². The lowest BCUT2D eigenvalue weighted by Gasteiger charge is -2.35. The van der Waals surface area contributed by atoms with Crippen LogP contribution in [0.15, 0.2) is 18.2 Å². The summed E-state index contributed by atoms with van der Waals surface area (Å²) in [7, 11) is 3.32. The third-order valence-corrected chi connectivity index (χ3v) is 4.44. The highest BCUT2D eigenvalue weighted by Gasteiger charge is 2.25. The van der Waals surface area contributed by atoms with Gasteiger partial charge in [-0.25, -0.2) is 4.79 Å². The van der Waals surface area contributed by atoms with Crippen LogP contribution in [0.1, 0.15) is 26.3 Å². The molecular weight excluding hydrogens is 346 g/mol. The number of nitrogens with one attached hydrogen (secondary N) is 1. The zero-order chi connectivity index (χ0) is 19.9. The van der Waals surface area contributed by atoms with Crippen LogP contribution in [0.5, 0.6) is 11.5 Å². The first-order valence-corrected chi connectivity index (χ1v) is 9.44. The first-order valence-electron chi connectivity index (χ1n) is 9.44. The van der Waals surface area contributed by atoms with E-state index in [0.29, 0.717) is 13.1 Å². The third kappa shape index (κ3) is 6.92. The van der Waals surface area contributed by atoms with E-state index in [1.54, 1.807) is 19.1 Å². The Hall–Kier alpha value is -1.99. The maximum absolute atomic E-state index is 12.1. The van der Waals surface area contributed by atoms with E-state index in [4.69, 9.17) is 14.2 Å². The molecule has 0 aliphatic carbocycles. The van der Waals surface area contributed by atoms with Gasteiger partial charge in [0.25, 0.3) is 0 Å². The highest BCUT2D eigenvalue weighted by Crippen LogP contribution is 2.24. The van der Waals surface area contributed by atoms with Crippen molar-refractivity contribution in [3.05, 3.63) is 23.8 Å². The summed E-state index contributed by atoms with van der Waals surface area (Å²) >= 11 is 0. The summed E-state index contributed by atoms with van der Waals surface area (Å²) in [6, 6.07) is 5.85. The standard InChI is InChI=1S/C20H33N3O4/c1-20(2,3)27-19(24)23-12-10-22(11-13-23)9-8-21-15-16-6-7-17(25-4)14-18(16)26-5/h6-7,14,21H,8-13,15H2,1-5H3. The van der Waals surface area contributed by atoms with Crippen LogP contribution in [0.25, 0.3) is 0 Å². The quantitative estimate of drug-likeness (QED) is 0.734. The van der Waals surface area contributed by atoms with Crippen LogP contribution in [0, 0.1) is 0 Å². The number of methoxy groups -OCH3 is 2. The number of carbonyl (C=O) groups is 1. The number of hydrogen-bond acceptors (Lipinski definition) is 6. The molecule has 27 heavy (non-hydrogen) atoms. The molecule has 0 unspecified atom stereocenters. The monoisotopic (exact) mass is 379 g/mol. The van der Waals surface area contributed by atoms with Crippen molar-refractivity contribution in [3.8, 4) is 11.5 Å². The summed E-state index contributed by atoms with van der Waals surface area (Å²) in [4.78, 5) is 16.2. The Kier molecular flexibility index (Phi) is 7.74. The Morgan fingerprint density at radius 3 is 2.41 bits per heavy atom. The Morgan fingerprint density at radius 1 is 1.11 bits per heavy atom. The van der Waals surface area contributed by atoms with E-state index in [1.165, 1.54) is 0 Å². The number of carbonyl (C=O) groups excluding carboxylic acids is 1. The summed E-state index contributed by atoms with van der Waals surface area (Å²) in [5, 5.41) is 3.46. The zero-order valence-corrected chi connectivity index (χ0v) is 17.2. The summed E-state index contributed by atoms with van der Waals surface area (Å²) in [6.45, 7) is 11.4. The molecule has 0 atom stereocenters. The van der Waals surface area contributed by atoms with Gasteiger partial charge in [-0.3, -0.25) is 4.90 Å². The van der Waals surface area contributed by atoms with Crippen LogP contribution in [0.3, 0.4) is 0 Å². The Labute approximate surface area is 162 Å². The number of rotatable bonds is 7. The third-order valence-electron chi connectivity index (χ3n) is 4.44. The van der Waals surface area contributed by atoms with Crippen molar-refractivity contribution < 1.29 is 19.0 Å². The minimum absolute atomic E-state index is 0.216. The van der Waals surface area contributed by atoms with Gasteiger partial charge in [-0.05, 0) is 26.8 Å². The fraction of sp³-hybridized carbons (Fsp3) is 0.650. The lowest BCUT2D eigenvalue weighted by Crippen LogP contribution is -2.51. The van der Waals surface area contributed by atoms with Crippen molar-refractivity contribution in [2.45, 2.75) is 32.9 Å². The van der Waals surface area contributed by atoms with Crippen LogP contribution < -0.4 is 14.8 Å². The van der Waals surface area contributed by atoms with Crippen molar-refractivity contribution >= 4 is 6.09 Å². The minimum Gasteiger partial charge on any atom is -0.497 e. The number of piperazine rings is 1. The van der Waals surface area contributed by atoms with Crippen LogP contribution in [-0.4, -0.2) is 75.0 Å². The van der Waals surface area contributed by atoms with E-state index in [-0.39, 0.29) is 6.09 Å². The summed E-state index contributed by atoms with van der Waals surface area (Å²) < 4.78 is 16.1.